The second kappa shape index (κ2) is 11.4. The molecule has 0 aliphatic heterocycles. The number of ether oxygens (including phenoxy) is 3. The molecule has 0 heterocycles. The smallest absolute Gasteiger partial charge is 0.277 e. The maximum atomic E-state index is 11.9. The van der Waals surface area contributed by atoms with Gasteiger partial charge in [-0.15, -0.1) is 0 Å². The Bertz CT molecular complexity index is 1080. The fourth-order valence-electron chi connectivity index (χ4n) is 2.68. The largest absolute Gasteiger partial charge is 0.493 e. The summed E-state index contributed by atoms with van der Waals surface area (Å²) < 4.78 is 16.6. The molecule has 8 heteroatoms. The van der Waals surface area contributed by atoms with Gasteiger partial charge in [0.2, 0.25) is 0 Å². The van der Waals surface area contributed by atoms with Crippen LogP contribution in [0.3, 0.4) is 0 Å². The van der Waals surface area contributed by atoms with Crippen molar-refractivity contribution >= 4 is 35.3 Å². The molecule has 0 bridgehead atoms. The Morgan fingerprint density at radius 1 is 1.03 bits per heavy atom. The minimum atomic E-state index is -0.410. The monoisotopic (exact) mass is 472 g/mol. The van der Waals surface area contributed by atoms with Gasteiger partial charge in [-0.1, -0.05) is 53.0 Å². The number of hydrazone groups is 1. The molecule has 166 valence electrons. The predicted octanol–water partition coefficient (Wildman–Crippen LogP) is 5.42. The van der Waals surface area contributed by atoms with Crippen LogP contribution in [0.4, 0.5) is 0 Å². The highest BCUT2D eigenvalue weighted by Gasteiger charge is 2.12. The molecule has 1 amide bonds. The molecule has 1 N–H and O–H groups in total. The lowest BCUT2D eigenvalue weighted by Gasteiger charge is -2.13. The summed E-state index contributed by atoms with van der Waals surface area (Å²) >= 11 is 12.2. The number of aryl methyl sites for hydroxylation is 1. The first-order valence-electron chi connectivity index (χ1n) is 9.71. The number of amides is 1. The normalized spacial score (nSPS) is 10.8. The van der Waals surface area contributed by atoms with Gasteiger partial charge in [-0.2, -0.15) is 5.10 Å². The maximum Gasteiger partial charge on any atom is 0.277 e. The third-order valence-electron chi connectivity index (χ3n) is 4.34. The van der Waals surface area contributed by atoms with Gasteiger partial charge >= 0.3 is 0 Å². The highest BCUT2D eigenvalue weighted by atomic mass is 35.5. The summed E-state index contributed by atoms with van der Waals surface area (Å²) in [7, 11) is 1.53. The molecule has 6 nitrogen and oxygen atoms in total. The minimum absolute atomic E-state index is 0.186. The fraction of sp³-hybridized carbons (Fsp3) is 0.167. The molecule has 0 aliphatic carbocycles. The van der Waals surface area contributed by atoms with Crippen molar-refractivity contribution in [3.05, 3.63) is 87.4 Å². The Hall–Kier alpha value is -3.22. The zero-order chi connectivity index (χ0) is 22.9. The molecule has 3 rings (SSSR count). The summed E-state index contributed by atoms with van der Waals surface area (Å²) in [5.74, 6) is 1.02. The lowest BCUT2D eigenvalue weighted by molar-refractivity contribution is -0.123. The molecule has 3 aromatic rings. The van der Waals surface area contributed by atoms with Crippen LogP contribution in [0.15, 0.2) is 65.8 Å². The highest BCUT2D eigenvalue weighted by Crippen LogP contribution is 2.36. The number of hydrogen-bond acceptors (Lipinski definition) is 5. The van der Waals surface area contributed by atoms with Crippen LogP contribution >= 0.6 is 23.2 Å². The Morgan fingerprint density at radius 2 is 1.75 bits per heavy atom. The van der Waals surface area contributed by atoms with Gasteiger partial charge < -0.3 is 14.2 Å². The van der Waals surface area contributed by atoms with Crippen LogP contribution in [-0.2, 0) is 11.4 Å². The van der Waals surface area contributed by atoms with Gasteiger partial charge in [0, 0.05) is 5.02 Å². The van der Waals surface area contributed by atoms with Crippen LogP contribution < -0.4 is 19.6 Å². The summed E-state index contributed by atoms with van der Waals surface area (Å²) in [4.78, 5) is 11.9. The summed E-state index contributed by atoms with van der Waals surface area (Å²) in [6.07, 6.45) is 1.46. The fourth-order valence-corrected chi connectivity index (χ4v) is 3.08. The van der Waals surface area contributed by atoms with E-state index in [2.05, 4.69) is 10.5 Å². The Kier molecular flexibility index (Phi) is 8.36. The zero-order valence-corrected chi connectivity index (χ0v) is 19.1. The molecule has 0 aliphatic rings. The average molecular weight is 473 g/mol. The summed E-state index contributed by atoms with van der Waals surface area (Å²) in [6.45, 7) is 2.20. The zero-order valence-electron chi connectivity index (χ0n) is 17.6. The molecule has 0 aromatic heterocycles. The standard InChI is InChI=1S/C24H22Cl2N2O4/c1-16-3-5-17(6-4-16)14-32-24-21(26)11-18(12-22(24)30-2)13-27-28-23(29)15-31-20-9-7-19(25)8-10-20/h3-13H,14-15H2,1-2H3,(H,28,29)/b27-13+. The van der Waals surface area contributed by atoms with Crippen LogP contribution in [0.1, 0.15) is 16.7 Å². The number of nitrogens with one attached hydrogen (secondary N) is 1. The van der Waals surface area contributed by atoms with Crippen LogP contribution in [0.2, 0.25) is 10.0 Å². The van der Waals surface area contributed by atoms with Gasteiger partial charge in [0.1, 0.15) is 12.4 Å². The van der Waals surface area contributed by atoms with E-state index in [1.807, 2.05) is 31.2 Å². The van der Waals surface area contributed by atoms with Crippen molar-refractivity contribution in [2.75, 3.05) is 13.7 Å². The first-order chi connectivity index (χ1) is 15.4. The highest BCUT2D eigenvalue weighted by molar-refractivity contribution is 6.32. The van der Waals surface area contributed by atoms with Crippen molar-refractivity contribution in [2.45, 2.75) is 13.5 Å². The van der Waals surface area contributed by atoms with Gasteiger partial charge in [0.25, 0.3) is 5.91 Å². The first-order valence-corrected chi connectivity index (χ1v) is 10.5. The summed E-state index contributed by atoms with van der Waals surface area (Å²) in [5, 5.41) is 4.90. The van der Waals surface area contributed by atoms with Crippen LogP contribution in [-0.4, -0.2) is 25.8 Å². The van der Waals surface area contributed by atoms with E-state index in [4.69, 9.17) is 37.4 Å². The number of rotatable bonds is 9. The SMILES string of the molecule is COc1cc(/C=N/NC(=O)COc2ccc(Cl)cc2)cc(Cl)c1OCc1ccc(C)cc1. The van der Waals surface area contributed by atoms with Crippen molar-refractivity contribution in [1.29, 1.82) is 0 Å². The molecule has 0 radical (unpaired) electrons. The van der Waals surface area contributed by atoms with Crippen molar-refractivity contribution in [3.8, 4) is 17.2 Å². The van der Waals surface area contributed by atoms with Gasteiger partial charge in [-0.25, -0.2) is 5.43 Å². The van der Waals surface area contributed by atoms with E-state index in [9.17, 15) is 4.79 Å². The maximum absolute atomic E-state index is 11.9. The number of nitrogens with zero attached hydrogens (tertiary/aromatic N) is 1. The van der Waals surface area contributed by atoms with Gasteiger partial charge in [0.15, 0.2) is 18.1 Å². The number of benzene rings is 3. The second-order valence-corrected chi connectivity index (χ2v) is 7.69. The van der Waals surface area contributed by atoms with Crippen molar-refractivity contribution in [3.63, 3.8) is 0 Å². The molecule has 0 saturated heterocycles. The number of carbonyl (C=O) groups is 1. The molecular formula is C24H22Cl2N2O4. The van der Waals surface area contributed by atoms with Gasteiger partial charge in [-0.05, 0) is 54.4 Å². The van der Waals surface area contributed by atoms with Gasteiger partial charge in [0.05, 0.1) is 18.3 Å². The van der Waals surface area contributed by atoms with E-state index >= 15 is 0 Å². The number of methoxy groups -OCH3 is 1. The Balaban J connectivity index is 1.57. The number of halogens is 2. The third kappa shape index (κ3) is 6.90. The molecule has 0 atom stereocenters. The predicted molar refractivity (Wildman–Crippen MR) is 126 cm³/mol. The van der Waals surface area contributed by atoms with Crippen LogP contribution in [0.5, 0.6) is 17.2 Å². The van der Waals surface area contributed by atoms with Crippen molar-refractivity contribution in [2.24, 2.45) is 5.10 Å². The van der Waals surface area contributed by atoms with E-state index in [-0.39, 0.29) is 6.61 Å². The molecule has 3 aromatic carbocycles. The molecule has 0 spiro atoms. The third-order valence-corrected chi connectivity index (χ3v) is 4.87. The van der Waals surface area contributed by atoms with Crippen LogP contribution in [0, 0.1) is 6.92 Å². The Morgan fingerprint density at radius 3 is 2.44 bits per heavy atom. The molecule has 32 heavy (non-hydrogen) atoms. The van der Waals surface area contributed by atoms with Crippen LogP contribution in [0.25, 0.3) is 0 Å². The molecule has 0 unspecified atom stereocenters. The Labute approximate surface area is 196 Å². The second-order valence-electron chi connectivity index (χ2n) is 6.84. The average Bonchev–Trinajstić information content (AvgIpc) is 2.79. The summed E-state index contributed by atoms with van der Waals surface area (Å²) in [5.41, 5.74) is 5.23. The lowest BCUT2D eigenvalue weighted by atomic mass is 10.1. The lowest BCUT2D eigenvalue weighted by Crippen LogP contribution is -2.24. The van der Waals surface area contributed by atoms with E-state index in [1.165, 1.54) is 18.9 Å². The number of hydrogen-bond donors (Lipinski definition) is 1. The topological polar surface area (TPSA) is 69.2 Å². The molecular weight excluding hydrogens is 451 g/mol. The first kappa shape index (κ1) is 23.4. The van der Waals surface area contributed by atoms with E-state index in [0.717, 1.165) is 5.56 Å². The molecule has 0 fully saturated rings. The number of carbonyl (C=O) groups excluding carboxylic acids is 1. The van der Waals surface area contributed by atoms with E-state index < -0.39 is 5.91 Å². The van der Waals surface area contributed by atoms with E-state index in [0.29, 0.717) is 39.5 Å². The quantitative estimate of drug-likeness (QED) is 0.333. The van der Waals surface area contributed by atoms with Crippen molar-refractivity contribution < 1.29 is 19.0 Å². The van der Waals surface area contributed by atoms with E-state index in [1.54, 1.807) is 36.4 Å². The minimum Gasteiger partial charge on any atom is -0.493 e. The summed E-state index contributed by atoms with van der Waals surface area (Å²) in [6, 6.07) is 18.1. The molecule has 0 saturated carbocycles. The van der Waals surface area contributed by atoms with Crippen molar-refractivity contribution in [1.82, 2.24) is 5.43 Å². The van der Waals surface area contributed by atoms with Gasteiger partial charge in [-0.3, -0.25) is 4.79 Å².